The fourth-order valence-corrected chi connectivity index (χ4v) is 3.64. The number of carboxylic acid groups (broad SMARTS) is 1. The van der Waals surface area contributed by atoms with Crippen molar-refractivity contribution in [3.8, 4) is 11.1 Å². The summed E-state index contributed by atoms with van der Waals surface area (Å²) < 4.78 is 5.34. The minimum atomic E-state index is -1.12. The number of aromatic nitrogens is 1. The first-order valence-corrected chi connectivity index (χ1v) is 9.36. The lowest BCUT2D eigenvalue weighted by Crippen LogP contribution is -2.42. The minimum Gasteiger partial charge on any atom is -0.480 e. The van der Waals surface area contributed by atoms with Crippen molar-refractivity contribution in [2.24, 2.45) is 0 Å². The molecule has 1 aliphatic rings. The topological polar surface area (TPSA) is 88.5 Å². The van der Waals surface area contributed by atoms with Gasteiger partial charge in [0.05, 0.1) is 0 Å². The standard InChI is InChI=1S/C23H20N2O4/c26-22(27)21(11-15-5-4-10-24-13-15)25-23(28)29-14-17-7-3-9-19-18-8-2-1-6-16(18)12-20(17)19/h1-10,13,21H,11-12,14H2,(H,25,28)(H,26,27). The second-order valence-corrected chi connectivity index (χ2v) is 6.95. The highest BCUT2D eigenvalue weighted by atomic mass is 16.5. The average molecular weight is 388 g/mol. The summed E-state index contributed by atoms with van der Waals surface area (Å²) in [6, 6.07) is 16.6. The molecule has 0 radical (unpaired) electrons. The molecule has 1 heterocycles. The molecule has 1 aromatic heterocycles. The summed E-state index contributed by atoms with van der Waals surface area (Å²) in [5.41, 5.74) is 6.40. The van der Waals surface area contributed by atoms with Crippen molar-refractivity contribution in [3.05, 3.63) is 89.2 Å². The first kappa shape index (κ1) is 18.7. The Morgan fingerprint density at radius 1 is 1.07 bits per heavy atom. The summed E-state index contributed by atoms with van der Waals surface area (Å²) in [6.45, 7) is 0.0855. The molecular weight excluding hydrogens is 368 g/mol. The fourth-order valence-electron chi connectivity index (χ4n) is 3.64. The first-order valence-electron chi connectivity index (χ1n) is 9.36. The molecule has 1 aliphatic carbocycles. The number of carbonyl (C=O) groups excluding carboxylic acids is 1. The van der Waals surface area contributed by atoms with Crippen LogP contribution in [0.15, 0.2) is 67.0 Å². The molecular formula is C23H20N2O4. The van der Waals surface area contributed by atoms with E-state index in [0.29, 0.717) is 0 Å². The molecule has 6 heteroatoms. The summed E-state index contributed by atoms with van der Waals surface area (Å²) in [4.78, 5) is 27.7. The normalized spacial score (nSPS) is 12.6. The number of amides is 1. The zero-order valence-corrected chi connectivity index (χ0v) is 15.7. The third kappa shape index (κ3) is 4.11. The number of hydrogen-bond acceptors (Lipinski definition) is 4. The molecule has 0 aliphatic heterocycles. The van der Waals surface area contributed by atoms with Crippen molar-refractivity contribution in [2.75, 3.05) is 0 Å². The van der Waals surface area contributed by atoms with Crippen molar-refractivity contribution in [1.82, 2.24) is 10.3 Å². The van der Waals surface area contributed by atoms with Gasteiger partial charge in [0, 0.05) is 18.8 Å². The number of pyridine rings is 1. The van der Waals surface area contributed by atoms with Crippen LogP contribution in [0.25, 0.3) is 11.1 Å². The third-order valence-corrected chi connectivity index (χ3v) is 5.06. The molecule has 2 N–H and O–H groups in total. The van der Waals surface area contributed by atoms with Gasteiger partial charge in [-0.3, -0.25) is 4.98 Å². The van der Waals surface area contributed by atoms with E-state index < -0.39 is 18.1 Å². The van der Waals surface area contributed by atoms with Crippen molar-refractivity contribution in [3.63, 3.8) is 0 Å². The quantitative estimate of drug-likeness (QED) is 0.527. The number of aliphatic carboxylic acids is 1. The van der Waals surface area contributed by atoms with Crippen LogP contribution in [0.4, 0.5) is 4.79 Å². The summed E-state index contributed by atoms with van der Waals surface area (Å²) in [5.74, 6) is -1.12. The van der Waals surface area contributed by atoms with Gasteiger partial charge in [-0.25, -0.2) is 9.59 Å². The molecule has 146 valence electrons. The van der Waals surface area contributed by atoms with Crippen LogP contribution >= 0.6 is 0 Å². The number of hydrogen-bond donors (Lipinski definition) is 2. The van der Waals surface area contributed by atoms with E-state index in [-0.39, 0.29) is 13.0 Å². The Morgan fingerprint density at radius 2 is 1.90 bits per heavy atom. The highest BCUT2D eigenvalue weighted by Gasteiger charge is 2.23. The number of rotatable bonds is 6. The number of carbonyl (C=O) groups is 2. The molecule has 29 heavy (non-hydrogen) atoms. The maximum Gasteiger partial charge on any atom is 0.408 e. The summed E-state index contributed by atoms with van der Waals surface area (Å²) in [6.07, 6.45) is 3.36. The largest absolute Gasteiger partial charge is 0.480 e. The van der Waals surface area contributed by atoms with Gasteiger partial charge in [-0.15, -0.1) is 0 Å². The van der Waals surface area contributed by atoms with Crippen LogP contribution in [-0.4, -0.2) is 28.2 Å². The number of ether oxygens (including phenoxy) is 1. The number of nitrogens with one attached hydrogen (secondary N) is 1. The van der Waals surface area contributed by atoms with E-state index in [1.807, 2.05) is 24.3 Å². The smallest absolute Gasteiger partial charge is 0.408 e. The van der Waals surface area contributed by atoms with Gasteiger partial charge in [0.1, 0.15) is 12.6 Å². The predicted molar refractivity (Wildman–Crippen MR) is 107 cm³/mol. The lowest BCUT2D eigenvalue weighted by atomic mass is 10.0. The molecule has 1 amide bonds. The summed E-state index contributed by atoms with van der Waals surface area (Å²) >= 11 is 0. The van der Waals surface area contributed by atoms with E-state index in [9.17, 15) is 14.7 Å². The van der Waals surface area contributed by atoms with Gasteiger partial charge in [-0.05, 0) is 45.9 Å². The molecule has 0 spiro atoms. The lowest BCUT2D eigenvalue weighted by molar-refractivity contribution is -0.139. The second-order valence-electron chi connectivity index (χ2n) is 6.95. The van der Waals surface area contributed by atoms with E-state index in [1.54, 1.807) is 24.5 Å². The number of alkyl carbamates (subject to hydrolysis) is 1. The average Bonchev–Trinajstić information content (AvgIpc) is 3.12. The Labute approximate surface area is 168 Å². The van der Waals surface area contributed by atoms with Gasteiger partial charge >= 0.3 is 12.1 Å². The maximum absolute atomic E-state index is 12.2. The molecule has 1 atom stereocenters. The van der Waals surface area contributed by atoms with E-state index in [4.69, 9.17) is 4.74 Å². The van der Waals surface area contributed by atoms with Gasteiger partial charge in [0.2, 0.25) is 0 Å². The molecule has 0 saturated heterocycles. The second kappa shape index (κ2) is 8.14. The zero-order chi connectivity index (χ0) is 20.2. The molecule has 0 fully saturated rings. The van der Waals surface area contributed by atoms with E-state index in [2.05, 4.69) is 28.5 Å². The fraction of sp³-hybridized carbons (Fsp3) is 0.174. The van der Waals surface area contributed by atoms with Crippen LogP contribution in [0, 0.1) is 0 Å². The van der Waals surface area contributed by atoms with E-state index >= 15 is 0 Å². The number of nitrogens with zero attached hydrogens (tertiary/aromatic N) is 1. The number of carboxylic acids is 1. The Balaban J connectivity index is 1.41. The first-order chi connectivity index (χ1) is 14.1. The van der Waals surface area contributed by atoms with Gasteiger partial charge < -0.3 is 15.2 Å². The van der Waals surface area contributed by atoms with Crippen LogP contribution in [0.5, 0.6) is 0 Å². The van der Waals surface area contributed by atoms with Crippen molar-refractivity contribution in [2.45, 2.75) is 25.5 Å². The van der Waals surface area contributed by atoms with Crippen molar-refractivity contribution < 1.29 is 19.4 Å². The van der Waals surface area contributed by atoms with Crippen LogP contribution in [0.3, 0.4) is 0 Å². The van der Waals surface area contributed by atoms with Crippen LogP contribution < -0.4 is 5.32 Å². The lowest BCUT2D eigenvalue weighted by Gasteiger charge is -2.15. The Hall–Kier alpha value is -3.67. The molecule has 2 aromatic carbocycles. The summed E-state index contributed by atoms with van der Waals surface area (Å²) in [7, 11) is 0. The van der Waals surface area contributed by atoms with E-state index in [1.165, 1.54) is 11.1 Å². The molecule has 6 nitrogen and oxygen atoms in total. The zero-order valence-electron chi connectivity index (χ0n) is 15.7. The predicted octanol–water partition coefficient (Wildman–Crippen LogP) is 3.57. The Bertz CT molecular complexity index is 1050. The monoisotopic (exact) mass is 388 g/mol. The summed E-state index contributed by atoms with van der Waals surface area (Å²) in [5, 5.41) is 11.8. The van der Waals surface area contributed by atoms with E-state index in [0.717, 1.165) is 28.7 Å². The molecule has 0 bridgehead atoms. The minimum absolute atomic E-state index is 0.0855. The third-order valence-electron chi connectivity index (χ3n) is 5.06. The van der Waals surface area contributed by atoms with Gasteiger partial charge in [0.15, 0.2) is 0 Å². The number of benzene rings is 2. The van der Waals surface area contributed by atoms with Crippen molar-refractivity contribution >= 4 is 12.1 Å². The highest BCUT2D eigenvalue weighted by Crippen LogP contribution is 2.38. The van der Waals surface area contributed by atoms with Crippen LogP contribution in [0.2, 0.25) is 0 Å². The molecule has 1 unspecified atom stereocenters. The van der Waals surface area contributed by atoms with Crippen LogP contribution in [0.1, 0.15) is 22.3 Å². The van der Waals surface area contributed by atoms with Crippen LogP contribution in [-0.2, 0) is 29.0 Å². The molecule has 0 saturated carbocycles. The Kier molecular flexibility index (Phi) is 5.24. The molecule has 3 aromatic rings. The van der Waals surface area contributed by atoms with Crippen molar-refractivity contribution in [1.29, 1.82) is 0 Å². The Morgan fingerprint density at radius 3 is 2.69 bits per heavy atom. The SMILES string of the molecule is O=C(NC(Cc1cccnc1)C(=O)O)OCc1cccc2c1Cc1ccccc1-2. The maximum atomic E-state index is 12.2. The molecule has 4 rings (SSSR count). The van der Waals surface area contributed by atoms with Gasteiger partial charge in [0.25, 0.3) is 0 Å². The highest BCUT2D eigenvalue weighted by molar-refractivity contribution is 5.80. The van der Waals surface area contributed by atoms with Gasteiger partial charge in [-0.1, -0.05) is 48.5 Å². The number of fused-ring (bicyclic) bond motifs is 3. The van der Waals surface area contributed by atoms with Gasteiger partial charge in [-0.2, -0.15) is 0 Å².